The Morgan fingerprint density at radius 3 is 3.00 bits per heavy atom. The highest BCUT2D eigenvalue weighted by molar-refractivity contribution is 5.58. The Hall–Kier alpha value is -2.44. The van der Waals surface area contributed by atoms with Crippen molar-refractivity contribution in [3.05, 3.63) is 40.2 Å². The molecule has 0 saturated heterocycles. The molecule has 2 N–H and O–H groups in total. The third-order valence-electron chi connectivity index (χ3n) is 2.49. The molecular weight excluding hydrogens is 236 g/mol. The zero-order valence-electron chi connectivity index (χ0n) is 9.74. The van der Waals surface area contributed by atoms with Crippen LogP contribution in [-0.4, -0.2) is 21.0 Å². The minimum absolute atomic E-state index is 0.100. The van der Waals surface area contributed by atoms with Crippen molar-refractivity contribution in [1.82, 2.24) is 9.97 Å². The Morgan fingerprint density at radius 2 is 2.33 bits per heavy atom. The zero-order valence-corrected chi connectivity index (χ0v) is 9.74. The molecule has 0 saturated carbocycles. The first-order valence-electron chi connectivity index (χ1n) is 5.33. The van der Waals surface area contributed by atoms with E-state index in [1.807, 2.05) is 25.2 Å². The average molecular weight is 248 g/mol. The van der Waals surface area contributed by atoms with Gasteiger partial charge in [0.2, 0.25) is 5.82 Å². The standard InChI is InChI=1S/C11H12N4O3/c1-7-3-2-4-8(5-7)18-11-9(15(16)17)10(12)13-6-14-11/h2-4,6,8H,5H2,1H3,(H2,12,13,14)/t8-/m0/s1. The predicted molar refractivity (Wildman–Crippen MR) is 65.0 cm³/mol. The number of rotatable bonds is 3. The molecule has 94 valence electrons. The van der Waals surface area contributed by atoms with Crippen molar-refractivity contribution in [2.75, 3.05) is 5.73 Å². The van der Waals surface area contributed by atoms with Gasteiger partial charge in [0.1, 0.15) is 12.4 Å². The number of nitrogens with zero attached hydrogens (tertiary/aromatic N) is 3. The van der Waals surface area contributed by atoms with E-state index in [0.29, 0.717) is 6.42 Å². The fourth-order valence-electron chi connectivity index (χ4n) is 1.65. The van der Waals surface area contributed by atoms with Crippen LogP contribution < -0.4 is 10.5 Å². The molecular formula is C11H12N4O3. The third kappa shape index (κ3) is 2.45. The molecule has 7 nitrogen and oxygen atoms in total. The van der Waals surface area contributed by atoms with Gasteiger partial charge in [0, 0.05) is 6.42 Å². The molecule has 0 fully saturated rings. The van der Waals surface area contributed by atoms with Crippen molar-refractivity contribution in [2.24, 2.45) is 0 Å². The Kier molecular flexibility index (Phi) is 3.22. The summed E-state index contributed by atoms with van der Waals surface area (Å²) in [6.07, 6.45) is 7.16. The molecule has 0 radical (unpaired) electrons. The number of allylic oxidation sites excluding steroid dienone is 2. The van der Waals surface area contributed by atoms with Gasteiger partial charge in [0.15, 0.2) is 0 Å². The maximum Gasteiger partial charge on any atom is 0.372 e. The van der Waals surface area contributed by atoms with Crippen LogP contribution >= 0.6 is 0 Å². The van der Waals surface area contributed by atoms with E-state index in [-0.39, 0.29) is 17.8 Å². The van der Waals surface area contributed by atoms with E-state index in [4.69, 9.17) is 10.5 Å². The van der Waals surface area contributed by atoms with Crippen LogP contribution in [0.15, 0.2) is 30.1 Å². The Morgan fingerprint density at radius 1 is 1.56 bits per heavy atom. The van der Waals surface area contributed by atoms with Crippen LogP contribution in [-0.2, 0) is 0 Å². The van der Waals surface area contributed by atoms with E-state index in [1.165, 1.54) is 0 Å². The molecule has 1 heterocycles. The maximum atomic E-state index is 10.9. The summed E-state index contributed by atoms with van der Waals surface area (Å²) in [5.74, 6) is -0.297. The lowest BCUT2D eigenvalue weighted by atomic mass is 10.0. The van der Waals surface area contributed by atoms with Crippen molar-refractivity contribution in [1.29, 1.82) is 0 Å². The molecule has 0 bridgehead atoms. The van der Waals surface area contributed by atoms with Gasteiger partial charge >= 0.3 is 5.69 Å². The summed E-state index contributed by atoms with van der Waals surface area (Å²) in [6, 6.07) is 0. The fourth-order valence-corrected chi connectivity index (χ4v) is 1.65. The number of nitrogen functional groups attached to an aromatic ring is 1. The summed E-state index contributed by atoms with van der Waals surface area (Å²) in [5, 5.41) is 10.9. The summed E-state index contributed by atoms with van der Waals surface area (Å²) in [5.41, 5.74) is 6.19. The first-order valence-corrected chi connectivity index (χ1v) is 5.33. The summed E-state index contributed by atoms with van der Waals surface area (Å²) >= 11 is 0. The van der Waals surface area contributed by atoms with E-state index >= 15 is 0 Å². The largest absolute Gasteiger partial charge is 0.465 e. The predicted octanol–water partition coefficient (Wildman–Crippen LogP) is 1.62. The second-order valence-electron chi connectivity index (χ2n) is 3.93. The number of anilines is 1. The summed E-state index contributed by atoms with van der Waals surface area (Å²) in [7, 11) is 0. The van der Waals surface area contributed by atoms with Crippen molar-refractivity contribution < 1.29 is 9.66 Å². The van der Waals surface area contributed by atoms with Gasteiger partial charge in [0.25, 0.3) is 5.88 Å². The van der Waals surface area contributed by atoms with Crippen molar-refractivity contribution in [2.45, 2.75) is 19.4 Å². The van der Waals surface area contributed by atoms with E-state index in [2.05, 4.69) is 9.97 Å². The quantitative estimate of drug-likeness (QED) is 0.643. The number of nitro groups is 1. The first kappa shape index (κ1) is 12.0. The minimum atomic E-state index is -0.639. The zero-order chi connectivity index (χ0) is 13.1. The molecule has 7 heteroatoms. The highest BCUT2D eigenvalue weighted by atomic mass is 16.6. The highest BCUT2D eigenvalue weighted by Crippen LogP contribution is 2.30. The second kappa shape index (κ2) is 4.82. The fraction of sp³-hybridized carbons (Fsp3) is 0.273. The van der Waals surface area contributed by atoms with Crippen LogP contribution in [0.4, 0.5) is 11.5 Å². The Balaban J connectivity index is 2.25. The summed E-state index contributed by atoms with van der Waals surface area (Å²) in [4.78, 5) is 17.6. The lowest BCUT2D eigenvalue weighted by Crippen LogP contribution is -2.17. The van der Waals surface area contributed by atoms with Crippen LogP contribution in [0, 0.1) is 10.1 Å². The third-order valence-corrected chi connectivity index (χ3v) is 2.49. The van der Waals surface area contributed by atoms with Crippen LogP contribution in [0.3, 0.4) is 0 Å². The van der Waals surface area contributed by atoms with E-state index in [9.17, 15) is 10.1 Å². The molecule has 0 aliphatic heterocycles. The SMILES string of the molecule is CC1=CC=C[C@H](Oc2ncnc(N)c2[N+](=O)[O-])C1. The normalized spacial score (nSPS) is 18.3. The average Bonchev–Trinajstić information content (AvgIpc) is 2.28. The van der Waals surface area contributed by atoms with Gasteiger partial charge in [-0.1, -0.05) is 17.7 Å². The van der Waals surface area contributed by atoms with Gasteiger partial charge < -0.3 is 10.5 Å². The van der Waals surface area contributed by atoms with Gasteiger partial charge in [-0.2, -0.15) is 4.98 Å². The first-order chi connectivity index (χ1) is 8.58. The smallest absolute Gasteiger partial charge is 0.372 e. The number of hydrogen-bond donors (Lipinski definition) is 1. The van der Waals surface area contributed by atoms with Crippen molar-refractivity contribution >= 4 is 11.5 Å². The van der Waals surface area contributed by atoms with Gasteiger partial charge in [-0.25, -0.2) is 4.98 Å². The van der Waals surface area contributed by atoms with Gasteiger partial charge in [-0.15, -0.1) is 0 Å². The lowest BCUT2D eigenvalue weighted by Gasteiger charge is -2.17. The molecule has 0 spiro atoms. The van der Waals surface area contributed by atoms with E-state index in [1.54, 1.807) is 0 Å². The minimum Gasteiger partial charge on any atom is -0.465 e. The molecule has 1 aromatic heterocycles. The topological polar surface area (TPSA) is 104 Å². The summed E-state index contributed by atoms with van der Waals surface area (Å²) < 4.78 is 5.50. The number of ether oxygens (including phenoxy) is 1. The van der Waals surface area contributed by atoms with Crippen molar-refractivity contribution in [3.63, 3.8) is 0 Å². The second-order valence-corrected chi connectivity index (χ2v) is 3.93. The molecule has 18 heavy (non-hydrogen) atoms. The van der Waals surface area contributed by atoms with Crippen LogP contribution in [0.25, 0.3) is 0 Å². The van der Waals surface area contributed by atoms with Crippen LogP contribution in [0.1, 0.15) is 13.3 Å². The molecule has 2 rings (SSSR count). The van der Waals surface area contributed by atoms with E-state index in [0.717, 1.165) is 11.9 Å². The molecule has 0 unspecified atom stereocenters. The summed E-state index contributed by atoms with van der Waals surface area (Å²) in [6.45, 7) is 1.96. The maximum absolute atomic E-state index is 10.9. The lowest BCUT2D eigenvalue weighted by molar-refractivity contribution is -0.385. The molecule has 1 atom stereocenters. The Labute approximate surface area is 103 Å². The van der Waals surface area contributed by atoms with Crippen LogP contribution in [0.5, 0.6) is 5.88 Å². The number of aromatic nitrogens is 2. The number of nitrogens with two attached hydrogens (primary N) is 1. The van der Waals surface area contributed by atoms with E-state index < -0.39 is 10.6 Å². The molecule has 1 aliphatic rings. The Bertz CT molecular complexity index is 539. The molecule has 1 aliphatic carbocycles. The molecule has 1 aromatic rings. The van der Waals surface area contributed by atoms with Crippen molar-refractivity contribution in [3.8, 4) is 5.88 Å². The highest BCUT2D eigenvalue weighted by Gasteiger charge is 2.24. The van der Waals surface area contributed by atoms with Gasteiger partial charge in [-0.3, -0.25) is 10.1 Å². The van der Waals surface area contributed by atoms with Gasteiger partial charge in [0.05, 0.1) is 4.92 Å². The molecule has 0 aromatic carbocycles. The monoisotopic (exact) mass is 248 g/mol. The number of hydrogen-bond acceptors (Lipinski definition) is 6. The van der Waals surface area contributed by atoms with Gasteiger partial charge in [-0.05, 0) is 13.0 Å². The molecule has 0 amide bonds. The van der Waals surface area contributed by atoms with Crippen LogP contribution in [0.2, 0.25) is 0 Å².